The van der Waals surface area contributed by atoms with Crippen LogP contribution in [0.4, 0.5) is 0 Å². The van der Waals surface area contributed by atoms with Gasteiger partial charge in [-0.05, 0) is 13.8 Å². The SMILES string of the molecule is COc1cnn(C)c1C(=O)C(C)(C)N. The van der Waals surface area contributed by atoms with Crippen LogP contribution >= 0.6 is 0 Å². The van der Waals surface area contributed by atoms with Crippen molar-refractivity contribution in [2.45, 2.75) is 19.4 Å². The van der Waals surface area contributed by atoms with Crippen molar-refractivity contribution in [3.8, 4) is 5.75 Å². The summed E-state index contributed by atoms with van der Waals surface area (Å²) in [6, 6.07) is 0. The first-order chi connectivity index (χ1) is 6.38. The van der Waals surface area contributed by atoms with Crippen LogP contribution in [0.25, 0.3) is 0 Å². The van der Waals surface area contributed by atoms with Crippen LogP contribution in [-0.2, 0) is 7.05 Å². The van der Waals surface area contributed by atoms with Crippen molar-refractivity contribution in [1.29, 1.82) is 0 Å². The van der Waals surface area contributed by atoms with E-state index in [1.54, 1.807) is 20.9 Å². The van der Waals surface area contributed by atoms with E-state index < -0.39 is 5.54 Å². The molecule has 1 aromatic rings. The Labute approximate surface area is 82.8 Å². The molecule has 5 heteroatoms. The number of methoxy groups -OCH3 is 1. The minimum Gasteiger partial charge on any atom is -0.493 e. The number of nitrogens with zero attached hydrogens (tertiary/aromatic N) is 2. The fraction of sp³-hybridized carbons (Fsp3) is 0.556. The summed E-state index contributed by atoms with van der Waals surface area (Å²) in [6.07, 6.45) is 1.50. The quantitative estimate of drug-likeness (QED) is 0.710. The van der Waals surface area contributed by atoms with Gasteiger partial charge < -0.3 is 10.5 Å². The van der Waals surface area contributed by atoms with Crippen LogP contribution < -0.4 is 10.5 Å². The summed E-state index contributed by atoms with van der Waals surface area (Å²) in [5.74, 6) is 0.269. The molecule has 0 spiro atoms. The number of hydrogen-bond donors (Lipinski definition) is 1. The number of hydrogen-bond acceptors (Lipinski definition) is 4. The first-order valence-electron chi connectivity index (χ1n) is 4.27. The minimum absolute atomic E-state index is 0.186. The minimum atomic E-state index is -0.916. The molecule has 0 unspecified atom stereocenters. The average molecular weight is 197 g/mol. The maximum absolute atomic E-state index is 11.9. The molecule has 0 bridgehead atoms. The summed E-state index contributed by atoms with van der Waals surface area (Å²) in [4.78, 5) is 11.9. The zero-order chi connectivity index (χ0) is 10.9. The molecule has 0 aromatic carbocycles. The van der Waals surface area contributed by atoms with Gasteiger partial charge in [0.15, 0.2) is 5.75 Å². The Morgan fingerprint density at radius 1 is 1.64 bits per heavy atom. The molecular weight excluding hydrogens is 182 g/mol. The monoisotopic (exact) mass is 197 g/mol. The van der Waals surface area contributed by atoms with E-state index in [1.165, 1.54) is 18.0 Å². The second kappa shape index (κ2) is 3.42. The smallest absolute Gasteiger partial charge is 0.203 e. The first-order valence-corrected chi connectivity index (χ1v) is 4.27. The molecule has 0 saturated heterocycles. The molecule has 0 aliphatic carbocycles. The normalized spacial score (nSPS) is 11.5. The van der Waals surface area contributed by atoms with Gasteiger partial charge >= 0.3 is 0 Å². The van der Waals surface area contributed by atoms with E-state index in [-0.39, 0.29) is 5.78 Å². The standard InChI is InChI=1S/C9H15N3O2/c1-9(2,10)8(13)7-6(14-4)5-11-12(7)3/h5H,10H2,1-4H3. The lowest BCUT2D eigenvalue weighted by Crippen LogP contribution is -2.42. The maximum atomic E-state index is 11.9. The molecule has 0 aliphatic heterocycles. The van der Waals surface area contributed by atoms with E-state index in [2.05, 4.69) is 5.10 Å². The average Bonchev–Trinajstić information content (AvgIpc) is 2.43. The number of carbonyl (C=O) groups excluding carboxylic acids is 1. The van der Waals surface area contributed by atoms with Crippen molar-refractivity contribution >= 4 is 5.78 Å². The molecule has 0 radical (unpaired) electrons. The molecule has 1 heterocycles. The van der Waals surface area contributed by atoms with E-state index in [1.807, 2.05) is 0 Å². The fourth-order valence-electron chi connectivity index (χ4n) is 1.13. The highest BCUT2D eigenvalue weighted by atomic mass is 16.5. The Morgan fingerprint density at radius 3 is 2.64 bits per heavy atom. The van der Waals surface area contributed by atoms with Gasteiger partial charge in [-0.25, -0.2) is 0 Å². The van der Waals surface area contributed by atoms with Crippen molar-refractivity contribution in [3.05, 3.63) is 11.9 Å². The maximum Gasteiger partial charge on any atom is 0.203 e. The highest BCUT2D eigenvalue weighted by Crippen LogP contribution is 2.20. The summed E-state index contributed by atoms with van der Waals surface area (Å²) >= 11 is 0. The first kappa shape index (κ1) is 10.7. The van der Waals surface area contributed by atoms with Crippen LogP contribution in [0.2, 0.25) is 0 Å². The number of Topliss-reactive ketones (excluding diaryl/α,β-unsaturated/α-hetero) is 1. The van der Waals surface area contributed by atoms with Gasteiger partial charge in [0.25, 0.3) is 0 Å². The van der Waals surface area contributed by atoms with Gasteiger partial charge in [-0.3, -0.25) is 9.48 Å². The van der Waals surface area contributed by atoms with Crippen molar-refractivity contribution in [3.63, 3.8) is 0 Å². The van der Waals surface area contributed by atoms with Gasteiger partial charge in [-0.1, -0.05) is 0 Å². The van der Waals surface area contributed by atoms with Crippen molar-refractivity contribution in [1.82, 2.24) is 9.78 Å². The highest BCUT2D eigenvalue weighted by Gasteiger charge is 2.29. The summed E-state index contributed by atoms with van der Waals surface area (Å²) < 4.78 is 6.49. The number of carbonyl (C=O) groups is 1. The number of aryl methyl sites for hydroxylation is 1. The van der Waals surface area contributed by atoms with Gasteiger partial charge in [-0.15, -0.1) is 0 Å². The van der Waals surface area contributed by atoms with Crippen molar-refractivity contribution in [2.75, 3.05) is 7.11 Å². The Balaban J connectivity index is 3.18. The molecule has 1 aromatic heterocycles. The fourth-order valence-corrected chi connectivity index (χ4v) is 1.13. The lowest BCUT2D eigenvalue weighted by atomic mass is 9.98. The second-order valence-corrected chi connectivity index (χ2v) is 3.74. The van der Waals surface area contributed by atoms with Gasteiger partial charge in [0.1, 0.15) is 5.69 Å². The highest BCUT2D eigenvalue weighted by molar-refractivity contribution is 6.03. The molecule has 0 fully saturated rings. The number of ketones is 1. The number of ether oxygens (including phenoxy) is 1. The molecule has 2 N–H and O–H groups in total. The van der Waals surface area contributed by atoms with Gasteiger partial charge in [0.2, 0.25) is 5.78 Å². The van der Waals surface area contributed by atoms with Crippen LogP contribution in [0.15, 0.2) is 6.20 Å². The second-order valence-electron chi connectivity index (χ2n) is 3.74. The predicted molar refractivity (Wildman–Crippen MR) is 52.4 cm³/mol. The summed E-state index contributed by atoms with van der Waals surface area (Å²) in [6.45, 7) is 3.31. The van der Waals surface area contributed by atoms with Gasteiger partial charge in [0, 0.05) is 7.05 Å². The molecule has 0 aliphatic rings. The van der Waals surface area contributed by atoms with Crippen LogP contribution in [-0.4, -0.2) is 28.2 Å². The van der Waals surface area contributed by atoms with E-state index in [0.717, 1.165) is 0 Å². The van der Waals surface area contributed by atoms with E-state index in [4.69, 9.17) is 10.5 Å². The lowest BCUT2D eigenvalue weighted by Gasteiger charge is -2.17. The number of nitrogens with two attached hydrogens (primary N) is 1. The Hall–Kier alpha value is -1.36. The summed E-state index contributed by atoms with van der Waals surface area (Å²) in [7, 11) is 3.18. The number of rotatable bonds is 3. The van der Waals surface area contributed by atoms with Crippen LogP contribution in [0.5, 0.6) is 5.75 Å². The summed E-state index contributed by atoms with van der Waals surface area (Å²) in [5.41, 5.74) is 5.20. The van der Waals surface area contributed by atoms with E-state index in [0.29, 0.717) is 11.4 Å². The van der Waals surface area contributed by atoms with Crippen LogP contribution in [0.3, 0.4) is 0 Å². The van der Waals surface area contributed by atoms with Crippen molar-refractivity contribution < 1.29 is 9.53 Å². The Morgan fingerprint density at radius 2 is 2.21 bits per heavy atom. The lowest BCUT2D eigenvalue weighted by molar-refractivity contribution is 0.0900. The topological polar surface area (TPSA) is 70.1 Å². The zero-order valence-electron chi connectivity index (χ0n) is 8.87. The number of aromatic nitrogens is 2. The Bertz CT molecular complexity index is 349. The van der Waals surface area contributed by atoms with Gasteiger partial charge in [-0.2, -0.15) is 5.10 Å². The third-order valence-corrected chi connectivity index (χ3v) is 1.93. The molecule has 5 nitrogen and oxygen atoms in total. The van der Waals surface area contributed by atoms with Crippen LogP contribution in [0.1, 0.15) is 24.3 Å². The summed E-state index contributed by atoms with van der Waals surface area (Å²) in [5, 5.41) is 3.94. The van der Waals surface area contributed by atoms with Crippen molar-refractivity contribution in [2.24, 2.45) is 12.8 Å². The largest absolute Gasteiger partial charge is 0.493 e. The predicted octanol–water partition coefficient (Wildman–Crippen LogP) is 0.349. The molecule has 14 heavy (non-hydrogen) atoms. The van der Waals surface area contributed by atoms with E-state index >= 15 is 0 Å². The third kappa shape index (κ3) is 1.77. The molecule has 0 saturated carbocycles. The Kier molecular flexibility index (Phi) is 2.62. The van der Waals surface area contributed by atoms with E-state index in [9.17, 15) is 4.79 Å². The molecule has 1 rings (SSSR count). The zero-order valence-corrected chi connectivity index (χ0v) is 8.87. The van der Waals surface area contributed by atoms with Gasteiger partial charge in [0.05, 0.1) is 18.8 Å². The molecule has 78 valence electrons. The molecule has 0 amide bonds. The third-order valence-electron chi connectivity index (χ3n) is 1.93. The molecular formula is C9H15N3O2. The van der Waals surface area contributed by atoms with Crippen LogP contribution in [0, 0.1) is 0 Å². The molecule has 0 atom stereocenters.